The number of hydrogen-bond donors (Lipinski definition) is 3. The van der Waals surface area contributed by atoms with Crippen LogP contribution in [0.15, 0.2) is 65.1 Å². The Kier molecular flexibility index (Phi) is 7.90. The molecule has 0 aliphatic heterocycles. The van der Waals surface area contributed by atoms with Crippen LogP contribution >= 0.6 is 15.9 Å². The lowest BCUT2D eigenvalue weighted by Gasteiger charge is -2.44. The van der Waals surface area contributed by atoms with E-state index in [2.05, 4.69) is 26.6 Å². The van der Waals surface area contributed by atoms with Gasteiger partial charge in [0.25, 0.3) is 0 Å². The van der Waals surface area contributed by atoms with E-state index in [4.69, 9.17) is 0 Å². The van der Waals surface area contributed by atoms with Crippen LogP contribution in [0.2, 0.25) is 0 Å². The van der Waals surface area contributed by atoms with Gasteiger partial charge in [-0.15, -0.1) is 0 Å². The van der Waals surface area contributed by atoms with Crippen LogP contribution in [0.1, 0.15) is 47.1 Å². The number of aryl methyl sites for hydroxylation is 4. The molecule has 2 amide bonds. The predicted molar refractivity (Wildman–Crippen MR) is 153 cm³/mol. The Labute approximate surface area is 232 Å². The predicted octanol–water partition coefficient (Wildman–Crippen LogP) is 6.00. The van der Waals surface area contributed by atoms with Gasteiger partial charge < -0.3 is 15.7 Å². The molecule has 6 nitrogen and oxygen atoms in total. The maximum absolute atomic E-state index is 13.9. The van der Waals surface area contributed by atoms with Crippen molar-refractivity contribution < 1.29 is 19.5 Å². The number of benzene rings is 3. The van der Waals surface area contributed by atoms with Crippen molar-refractivity contribution >= 4 is 44.9 Å². The maximum Gasteiger partial charge on any atom is 0.235 e. The molecule has 38 heavy (non-hydrogen) atoms. The molecule has 0 spiro atoms. The van der Waals surface area contributed by atoms with E-state index in [0.717, 1.165) is 26.7 Å². The highest BCUT2D eigenvalue weighted by Gasteiger charge is 2.56. The molecule has 4 unspecified atom stereocenters. The minimum Gasteiger partial charge on any atom is -0.389 e. The highest BCUT2D eigenvalue weighted by molar-refractivity contribution is 9.10. The summed E-state index contributed by atoms with van der Waals surface area (Å²) in [6, 6.07) is 18.7. The average molecular weight is 578 g/mol. The van der Waals surface area contributed by atoms with Gasteiger partial charge in [0, 0.05) is 28.2 Å². The maximum atomic E-state index is 13.9. The van der Waals surface area contributed by atoms with E-state index >= 15 is 0 Å². The summed E-state index contributed by atoms with van der Waals surface area (Å²) in [4.78, 5) is 41.2. The van der Waals surface area contributed by atoms with Crippen molar-refractivity contribution in [2.24, 2.45) is 11.8 Å². The third-order valence-corrected chi connectivity index (χ3v) is 7.92. The van der Waals surface area contributed by atoms with Crippen molar-refractivity contribution in [2.45, 2.75) is 52.6 Å². The molecule has 198 valence electrons. The number of Topliss-reactive ketones (excluding diaryl/α,β-unsaturated/α-hetero) is 1. The molecule has 0 bridgehead atoms. The Morgan fingerprint density at radius 3 is 1.87 bits per heavy atom. The summed E-state index contributed by atoms with van der Waals surface area (Å²) >= 11 is 3.43. The van der Waals surface area contributed by atoms with Crippen LogP contribution in [0, 0.1) is 39.5 Å². The largest absolute Gasteiger partial charge is 0.389 e. The fourth-order valence-corrected chi connectivity index (χ4v) is 5.60. The minimum absolute atomic E-state index is 0.310. The van der Waals surface area contributed by atoms with Crippen molar-refractivity contribution in [1.82, 2.24) is 0 Å². The quantitative estimate of drug-likeness (QED) is 0.324. The lowest BCUT2D eigenvalue weighted by Crippen LogP contribution is -2.56. The summed E-state index contributed by atoms with van der Waals surface area (Å²) in [5.41, 5.74) is 3.91. The van der Waals surface area contributed by atoms with Crippen LogP contribution in [-0.4, -0.2) is 28.3 Å². The zero-order valence-electron chi connectivity index (χ0n) is 22.3. The summed E-state index contributed by atoms with van der Waals surface area (Å²) < 4.78 is 0.822. The van der Waals surface area contributed by atoms with Crippen molar-refractivity contribution in [3.05, 3.63) is 93.0 Å². The molecular weight excluding hydrogens is 544 g/mol. The molecule has 0 aromatic heterocycles. The van der Waals surface area contributed by atoms with Gasteiger partial charge in [-0.1, -0.05) is 52.3 Å². The summed E-state index contributed by atoms with van der Waals surface area (Å²) in [7, 11) is 0. The highest BCUT2D eigenvalue weighted by Crippen LogP contribution is 2.47. The van der Waals surface area contributed by atoms with Gasteiger partial charge in [0.05, 0.1) is 11.5 Å². The van der Waals surface area contributed by atoms with Crippen LogP contribution < -0.4 is 10.6 Å². The van der Waals surface area contributed by atoms with Crippen LogP contribution in [0.5, 0.6) is 0 Å². The molecule has 0 saturated heterocycles. The molecule has 3 N–H and O–H groups in total. The van der Waals surface area contributed by atoms with Gasteiger partial charge in [0.2, 0.25) is 11.8 Å². The van der Waals surface area contributed by atoms with Crippen molar-refractivity contribution in [2.75, 3.05) is 10.6 Å². The fourth-order valence-electron chi connectivity index (χ4n) is 5.34. The second kappa shape index (κ2) is 10.8. The van der Waals surface area contributed by atoms with E-state index in [1.807, 2.05) is 76.2 Å². The van der Waals surface area contributed by atoms with Gasteiger partial charge in [-0.2, -0.15) is 0 Å². The van der Waals surface area contributed by atoms with E-state index in [1.165, 1.54) is 6.92 Å². The summed E-state index contributed by atoms with van der Waals surface area (Å²) in [5, 5.41) is 17.4. The molecule has 1 aliphatic rings. The van der Waals surface area contributed by atoms with Crippen molar-refractivity contribution in [1.29, 1.82) is 0 Å². The minimum atomic E-state index is -1.66. The molecule has 3 aromatic rings. The lowest BCUT2D eigenvalue weighted by molar-refractivity contribution is -0.150. The molecule has 0 radical (unpaired) electrons. The Balaban J connectivity index is 1.79. The molecule has 3 aromatic carbocycles. The van der Waals surface area contributed by atoms with E-state index in [-0.39, 0.29) is 6.42 Å². The zero-order chi connectivity index (χ0) is 27.8. The first-order valence-electron chi connectivity index (χ1n) is 12.6. The molecule has 4 rings (SSSR count). The van der Waals surface area contributed by atoms with Crippen LogP contribution in [0.3, 0.4) is 0 Å². The number of carbonyl (C=O) groups is 3. The lowest BCUT2D eigenvalue weighted by atomic mass is 9.61. The number of halogens is 1. The summed E-state index contributed by atoms with van der Waals surface area (Å²) in [5.74, 6) is -4.43. The van der Waals surface area contributed by atoms with Crippen molar-refractivity contribution in [3.63, 3.8) is 0 Å². The first-order valence-corrected chi connectivity index (χ1v) is 13.4. The second-order valence-electron chi connectivity index (χ2n) is 10.6. The van der Waals surface area contributed by atoms with Crippen LogP contribution in [-0.2, 0) is 14.4 Å². The Hall–Kier alpha value is -3.29. The Morgan fingerprint density at radius 2 is 1.34 bits per heavy atom. The number of amides is 2. The SMILES string of the molecule is Cc1ccc(C)c(NC(=O)C2C(=O)CC(C)(O)C(C(=O)Nc3cc(C)ccc3C)C2c2ccc(Br)cc2)c1. The Bertz CT molecular complexity index is 1400. The molecule has 4 atom stereocenters. The highest BCUT2D eigenvalue weighted by atomic mass is 79.9. The van der Waals surface area contributed by atoms with Crippen molar-refractivity contribution in [3.8, 4) is 0 Å². The number of hydrogen-bond acceptors (Lipinski definition) is 4. The second-order valence-corrected chi connectivity index (χ2v) is 11.6. The Morgan fingerprint density at radius 1 is 0.842 bits per heavy atom. The van der Waals surface area contributed by atoms with E-state index in [1.54, 1.807) is 12.1 Å². The average Bonchev–Trinajstić information content (AvgIpc) is 2.83. The number of rotatable bonds is 5. The molecule has 7 heteroatoms. The van der Waals surface area contributed by atoms with Gasteiger partial charge >= 0.3 is 0 Å². The first kappa shape index (κ1) is 27.7. The summed E-state index contributed by atoms with van der Waals surface area (Å²) in [6.07, 6.45) is -0.310. The van der Waals surface area contributed by atoms with E-state index in [9.17, 15) is 19.5 Å². The molecular formula is C31H33BrN2O4. The zero-order valence-corrected chi connectivity index (χ0v) is 23.8. The van der Waals surface area contributed by atoms with Crippen LogP contribution in [0.4, 0.5) is 11.4 Å². The normalized spacial score (nSPS) is 23.1. The number of nitrogens with one attached hydrogen (secondary N) is 2. The van der Waals surface area contributed by atoms with E-state index in [0.29, 0.717) is 16.9 Å². The number of anilines is 2. The number of aliphatic hydroxyl groups is 1. The molecule has 1 fully saturated rings. The molecule has 1 saturated carbocycles. The summed E-state index contributed by atoms with van der Waals surface area (Å²) in [6.45, 7) is 9.14. The third kappa shape index (κ3) is 5.74. The van der Waals surface area contributed by atoms with Gasteiger partial charge in [-0.3, -0.25) is 14.4 Å². The number of carbonyl (C=O) groups excluding carboxylic acids is 3. The van der Waals surface area contributed by atoms with Gasteiger partial charge in [0.1, 0.15) is 11.7 Å². The molecule has 0 heterocycles. The topological polar surface area (TPSA) is 95.5 Å². The smallest absolute Gasteiger partial charge is 0.235 e. The third-order valence-electron chi connectivity index (χ3n) is 7.39. The molecule has 1 aliphatic carbocycles. The standard InChI is InChI=1S/C31H33BrN2O4/c1-17-6-8-19(3)23(14-17)33-29(36)27-25(35)16-31(5,38)28(26(27)21-10-12-22(32)13-11-21)30(37)34-24-15-18(2)7-9-20(24)4/h6-15,26-28,38H,16H2,1-5H3,(H,33,36)(H,34,37). The fraction of sp³-hybridized carbons (Fsp3) is 0.323. The van der Waals surface area contributed by atoms with Crippen LogP contribution in [0.25, 0.3) is 0 Å². The van der Waals surface area contributed by atoms with E-state index < -0.39 is 41.0 Å². The first-order chi connectivity index (χ1) is 17.9. The number of ketones is 1. The van der Waals surface area contributed by atoms with Gasteiger partial charge in [-0.05, 0) is 86.7 Å². The van der Waals surface area contributed by atoms with Gasteiger partial charge in [-0.25, -0.2) is 0 Å². The van der Waals surface area contributed by atoms with Gasteiger partial charge in [0.15, 0.2) is 0 Å². The monoisotopic (exact) mass is 576 g/mol.